The van der Waals surface area contributed by atoms with Gasteiger partial charge in [-0.3, -0.25) is 5.10 Å². The van der Waals surface area contributed by atoms with Crippen molar-refractivity contribution >= 4 is 23.3 Å². The number of nitrogens with one attached hydrogen (secondary N) is 3. The number of hydrogen-bond donors (Lipinski definition) is 3. The molecule has 0 atom stereocenters. The Labute approximate surface area is 164 Å². The van der Waals surface area contributed by atoms with Crippen LogP contribution in [0.1, 0.15) is 35.7 Å². The zero-order chi connectivity index (χ0) is 20.6. The SMILES string of the molecule is COc1cc(Nc2nc(C)cc(Nc3cc(C4CC4)n[nH]3)n2)cc(C(F)(F)F)c1. The standard InChI is InChI=1S/C19H19F3N6O/c1-10-5-16(25-17-9-15(27-28-17)11-3-4-11)26-18(23-10)24-13-6-12(19(20,21)22)7-14(8-13)29-2/h5-9,11H,3-4H2,1-2H3,(H3,23,24,25,26,27,28). The topological polar surface area (TPSA) is 87.8 Å². The quantitative estimate of drug-likeness (QED) is 0.542. The maximum Gasteiger partial charge on any atom is 0.416 e. The average molecular weight is 404 g/mol. The molecule has 2 aromatic heterocycles. The van der Waals surface area contributed by atoms with Gasteiger partial charge in [0.05, 0.1) is 18.4 Å². The van der Waals surface area contributed by atoms with Gasteiger partial charge in [-0.1, -0.05) is 0 Å². The predicted molar refractivity (Wildman–Crippen MR) is 102 cm³/mol. The first-order valence-electron chi connectivity index (χ1n) is 9.01. The normalized spacial score (nSPS) is 14.0. The Morgan fingerprint density at radius 1 is 1.07 bits per heavy atom. The molecule has 1 saturated carbocycles. The molecule has 0 unspecified atom stereocenters. The largest absolute Gasteiger partial charge is 0.497 e. The number of halogens is 3. The van der Waals surface area contributed by atoms with E-state index in [2.05, 4.69) is 30.8 Å². The summed E-state index contributed by atoms with van der Waals surface area (Å²) in [5.74, 6) is 1.94. The number of anilines is 4. The molecule has 4 rings (SSSR count). The Morgan fingerprint density at radius 3 is 2.55 bits per heavy atom. The van der Waals surface area contributed by atoms with Gasteiger partial charge in [0.15, 0.2) is 0 Å². The maximum atomic E-state index is 13.1. The summed E-state index contributed by atoms with van der Waals surface area (Å²) in [6.45, 7) is 1.77. The third-order valence-corrected chi connectivity index (χ3v) is 4.44. The molecule has 0 spiro atoms. The molecule has 3 N–H and O–H groups in total. The fourth-order valence-electron chi connectivity index (χ4n) is 2.90. The molecule has 152 valence electrons. The van der Waals surface area contributed by atoms with E-state index in [1.165, 1.54) is 13.2 Å². The average Bonchev–Trinajstić information content (AvgIpc) is 3.40. The monoisotopic (exact) mass is 404 g/mol. The van der Waals surface area contributed by atoms with E-state index in [1.807, 2.05) is 6.07 Å². The number of aromatic amines is 1. The van der Waals surface area contributed by atoms with Crippen LogP contribution in [-0.4, -0.2) is 27.3 Å². The van der Waals surface area contributed by atoms with Gasteiger partial charge in [0.1, 0.15) is 17.4 Å². The Balaban J connectivity index is 1.57. The summed E-state index contributed by atoms with van der Waals surface area (Å²) in [4.78, 5) is 8.59. The molecule has 7 nitrogen and oxygen atoms in total. The number of rotatable bonds is 6. The van der Waals surface area contributed by atoms with Gasteiger partial charge in [-0.25, -0.2) is 4.98 Å². The van der Waals surface area contributed by atoms with Crippen molar-refractivity contribution in [2.75, 3.05) is 17.7 Å². The maximum absolute atomic E-state index is 13.1. The zero-order valence-electron chi connectivity index (χ0n) is 15.8. The second kappa shape index (κ2) is 7.26. The van der Waals surface area contributed by atoms with Crippen molar-refractivity contribution in [2.45, 2.75) is 31.9 Å². The number of aryl methyl sites for hydroxylation is 1. The smallest absolute Gasteiger partial charge is 0.416 e. The minimum atomic E-state index is -4.50. The van der Waals surface area contributed by atoms with Crippen LogP contribution in [0.15, 0.2) is 30.3 Å². The Kier molecular flexibility index (Phi) is 4.77. The molecule has 1 aliphatic rings. The molecule has 1 aromatic carbocycles. The van der Waals surface area contributed by atoms with Gasteiger partial charge >= 0.3 is 6.18 Å². The van der Waals surface area contributed by atoms with Gasteiger partial charge in [-0.2, -0.15) is 23.3 Å². The van der Waals surface area contributed by atoms with Crippen LogP contribution in [0.4, 0.5) is 36.4 Å². The lowest BCUT2D eigenvalue weighted by molar-refractivity contribution is -0.137. The van der Waals surface area contributed by atoms with Gasteiger partial charge < -0.3 is 15.4 Å². The third kappa shape index (κ3) is 4.58. The zero-order valence-corrected chi connectivity index (χ0v) is 15.8. The second-order valence-electron chi connectivity index (χ2n) is 6.90. The van der Waals surface area contributed by atoms with Crippen LogP contribution in [0.2, 0.25) is 0 Å². The van der Waals surface area contributed by atoms with Crippen molar-refractivity contribution < 1.29 is 17.9 Å². The molecule has 3 aromatic rings. The molecule has 2 heterocycles. The fourth-order valence-corrected chi connectivity index (χ4v) is 2.90. The van der Waals surface area contributed by atoms with Crippen LogP contribution in [0.5, 0.6) is 5.75 Å². The molecule has 29 heavy (non-hydrogen) atoms. The fraction of sp³-hybridized carbons (Fsp3) is 0.316. The minimum absolute atomic E-state index is 0.0818. The first-order valence-corrected chi connectivity index (χ1v) is 9.01. The highest BCUT2D eigenvalue weighted by Crippen LogP contribution is 2.39. The number of H-pyrrole nitrogens is 1. The Morgan fingerprint density at radius 2 is 1.86 bits per heavy atom. The summed E-state index contributed by atoms with van der Waals surface area (Å²) < 4.78 is 44.3. The first kappa shape index (κ1) is 19.0. The van der Waals surface area contributed by atoms with E-state index >= 15 is 0 Å². The van der Waals surface area contributed by atoms with Crippen molar-refractivity contribution in [3.05, 3.63) is 47.3 Å². The highest BCUT2D eigenvalue weighted by atomic mass is 19.4. The highest BCUT2D eigenvalue weighted by Gasteiger charge is 2.31. The number of alkyl halides is 3. The number of methoxy groups -OCH3 is 1. The van der Waals surface area contributed by atoms with Crippen molar-refractivity contribution in [1.82, 2.24) is 20.2 Å². The van der Waals surface area contributed by atoms with Gasteiger partial charge in [-0.15, -0.1) is 0 Å². The van der Waals surface area contributed by atoms with Gasteiger partial charge in [0.25, 0.3) is 0 Å². The summed E-state index contributed by atoms with van der Waals surface area (Å²) in [6, 6.07) is 7.03. The van der Waals surface area contributed by atoms with E-state index in [0.717, 1.165) is 30.7 Å². The summed E-state index contributed by atoms with van der Waals surface area (Å²) in [7, 11) is 1.31. The number of benzene rings is 1. The predicted octanol–water partition coefficient (Wildman–Crippen LogP) is 4.90. The lowest BCUT2D eigenvalue weighted by Gasteiger charge is -2.13. The van der Waals surface area contributed by atoms with Gasteiger partial charge in [0, 0.05) is 35.5 Å². The summed E-state index contributed by atoms with van der Waals surface area (Å²) in [5, 5.41) is 13.1. The van der Waals surface area contributed by atoms with E-state index in [0.29, 0.717) is 23.2 Å². The van der Waals surface area contributed by atoms with Crippen LogP contribution < -0.4 is 15.4 Å². The summed E-state index contributed by atoms with van der Waals surface area (Å²) >= 11 is 0. The summed E-state index contributed by atoms with van der Waals surface area (Å²) in [6.07, 6.45) is -2.21. The first-order chi connectivity index (χ1) is 13.8. The summed E-state index contributed by atoms with van der Waals surface area (Å²) in [5.41, 5.74) is 1.000. The lowest BCUT2D eigenvalue weighted by atomic mass is 10.2. The van der Waals surface area contributed by atoms with Crippen molar-refractivity contribution in [1.29, 1.82) is 0 Å². The molecule has 0 aliphatic heterocycles. The van der Waals surface area contributed by atoms with Gasteiger partial charge in [0.2, 0.25) is 5.95 Å². The van der Waals surface area contributed by atoms with Gasteiger partial charge in [-0.05, 0) is 31.9 Å². The Bertz CT molecular complexity index is 1030. The number of aromatic nitrogens is 4. The molecule has 0 amide bonds. The van der Waals surface area contributed by atoms with Crippen LogP contribution >= 0.6 is 0 Å². The molecule has 1 aliphatic carbocycles. The minimum Gasteiger partial charge on any atom is -0.497 e. The number of nitrogens with zero attached hydrogens (tertiary/aromatic N) is 3. The molecule has 0 radical (unpaired) electrons. The van der Waals surface area contributed by atoms with Crippen molar-refractivity contribution in [3.8, 4) is 5.75 Å². The highest BCUT2D eigenvalue weighted by molar-refractivity contribution is 5.61. The van der Waals surface area contributed by atoms with E-state index < -0.39 is 11.7 Å². The molecule has 1 fully saturated rings. The van der Waals surface area contributed by atoms with Crippen LogP contribution in [0.25, 0.3) is 0 Å². The van der Waals surface area contributed by atoms with Crippen LogP contribution in [-0.2, 0) is 6.18 Å². The van der Waals surface area contributed by atoms with Crippen molar-refractivity contribution in [3.63, 3.8) is 0 Å². The lowest BCUT2D eigenvalue weighted by Crippen LogP contribution is -2.07. The van der Waals surface area contributed by atoms with E-state index in [-0.39, 0.29) is 17.4 Å². The van der Waals surface area contributed by atoms with Crippen LogP contribution in [0, 0.1) is 6.92 Å². The van der Waals surface area contributed by atoms with Crippen molar-refractivity contribution in [2.24, 2.45) is 0 Å². The molecule has 0 saturated heterocycles. The molecule has 0 bridgehead atoms. The van der Waals surface area contributed by atoms with E-state index in [1.54, 1.807) is 13.0 Å². The number of ether oxygens (including phenoxy) is 1. The second-order valence-corrected chi connectivity index (χ2v) is 6.90. The molecular weight excluding hydrogens is 385 g/mol. The third-order valence-electron chi connectivity index (χ3n) is 4.44. The van der Waals surface area contributed by atoms with Crippen LogP contribution in [0.3, 0.4) is 0 Å². The Hall–Kier alpha value is -3.30. The van der Waals surface area contributed by atoms with E-state index in [4.69, 9.17) is 4.74 Å². The van der Waals surface area contributed by atoms with E-state index in [9.17, 15) is 13.2 Å². The molecular formula is C19H19F3N6O. The molecule has 10 heteroatoms. The number of hydrogen-bond acceptors (Lipinski definition) is 6.